The van der Waals surface area contributed by atoms with Gasteiger partial charge in [0.25, 0.3) is 15.9 Å². The molecule has 8 nitrogen and oxygen atoms in total. The Hall–Kier alpha value is -3.40. The highest BCUT2D eigenvalue weighted by atomic mass is 35.5. The molecular formula is C28H29ClN2O6S. The van der Waals surface area contributed by atoms with Crippen LogP contribution in [0.15, 0.2) is 77.7 Å². The van der Waals surface area contributed by atoms with Crippen LogP contribution in [0.1, 0.15) is 27.0 Å². The fraction of sp³-hybridized carbons (Fsp3) is 0.286. The molecule has 1 aliphatic rings. The molecule has 10 heteroatoms. The number of hydrogen-bond acceptors (Lipinski definition) is 6. The van der Waals surface area contributed by atoms with Crippen molar-refractivity contribution in [1.82, 2.24) is 9.62 Å². The third kappa shape index (κ3) is 7.12. The third-order valence-corrected chi connectivity index (χ3v) is 8.13. The lowest BCUT2D eigenvalue weighted by molar-refractivity contribution is 0.0914. The van der Waals surface area contributed by atoms with Crippen LogP contribution in [-0.2, 0) is 32.5 Å². The van der Waals surface area contributed by atoms with E-state index in [1.807, 2.05) is 36.4 Å². The Labute approximate surface area is 227 Å². The van der Waals surface area contributed by atoms with Crippen LogP contribution in [0.25, 0.3) is 0 Å². The van der Waals surface area contributed by atoms with Gasteiger partial charge in [0.2, 0.25) is 0 Å². The van der Waals surface area contributed by atoms with Gasteiger partial charge >= 0.3 is 6.09 Å². The predicted molar refractivity (Wildman–Crippen MR) is 143 cm³/mol. The van der Waals surface area contributed by atoms with Crippen LogP contribution in [0.3, 0.4) is 0 Å². The van der Waals surface area contributed by atoms with Crippen LogP contribution >= 0.6 is 11.6 Å². The maximum absolute atomic E-state index is 12.8. The van der Waals surface area contributed by atoms with E-state index in [0.29, 0.717) is 43.3 Å². The predicted octanol–water partition coefficient (Wildman–Crippen LogP) is 4.59. The van der Waals surface area contributed by atoms with Crippen LogP contribution in [0.2, 0.25) is 5.02 Å². The average Bonchev–Trinajstić information content (AvgIpc) is 3.15. The van der Waals surface area contributed by atoms with Gasteiger partial charge in [-0.05, 0) is 54.3 Å². The van der Waals surface area contributed by atoms with Crippen LogP contribution in [0.5, 0.6) is 0 Å². The lowest BCUT2D eigenvalue weighted by Gasteiger charge is -2.23. The van der Waals surface area contributed by atoms with E-state index in [0.717, 1.165) is 11.1 Å². The number of ether oxygens (including phenoxy) is 2. The van der Waals surface area contributed by atoms with Gasteiger partial charge in [0.15, 0.2) is 0 Å². The fourth-order valence-electron chi connectivity index (χ4n) is 4.27. The molecule has 1 N–H and O–H groups in total. The maximum atomic E-state index is 12.8. The largest absolute Gasteiger partial charge is 0.445 e. The Bertz CT molecular complexity index is 1400. The fourth-order valence-corrected chi connectivity index (χ4v) is 5.74. The standard InChI is InChI=1S/C28H29ClN2O6S/c1-20-25(29)11-6-12-26(20)38(34,35)30-27(32)24-10-5-9-22(16-24)15-23-17-31(13-14-36-18-23)28(33)37-19-21-7-3-2-4-8-21/h2-12,16,23H,13-15,17-19H2,1H3,(H,30,32)/t23-/m0/s1. The van der Waals surface area contributed by atoms with Crippen LogP contribution in [0, 0.1) is 12.8 Å². The van der Waals surface area contributed by atoms with E-state index >= 15 is 0 Å². The first-order chi connectivity index (χ1) is 18.2. The number of amides is 2. The Morgan fingerprint density at radius 2 is 1.79 bits per heavy atom. The van der Waals surface area contributed by atoms with Crippen molar-refractivity contribution in [3.05, 3.63) is 100 Å². The molecule has 38 heavy (non-hydrogen) atoms. The van der Waals surface area contributed by atoms with Crippen molar-refractivity contribution in [2.45, 2.75) is 24.8 Å². The Morgan fingerprint density at radius 1 is 1.05 bits per heavy atom. The summed E-state index contributed by atoms with van der Waals surface area (Å²) < 4.78 is 39.0. The zero-order chi connectivity index (χ0) is 27.1. The molecule has 0 radical (unpaired) electrons. The summed E-state index contributed by atoms with van der Waals surface area (Å²) in [5, 5.41) is 0.297. The highest BCUT2D eigenvalue weighted by Crippen LogP contribution is 2.23. The topological polar surface area (TPSA) is 102 Å². The molecule has 0 saturated carbocycles. The van der Waals surface area contributed by atoms with Gasteiger partial charge in [0, 0.05) is 29.6 Å². The van der Waals surface area contributed by atoms with Crippen molar-refractivity contribution in [3.8, 4) is 0 Å². The van der Waals surface area contributed by atoms with E-state index in [1.54, 1.807) is 36.1 Å². The van der Waals surface area contributed by atoms with E-state index < -0.39 is 22.0 Å². The zero-order valence-corrected chi connectivity index (χ0v) is 22.5. The monoisotopic (exact) mass is 556 g/mol. The molecule has 3 aromatic carbocycles. The summed E-state index contributed by atoms with van der Waals surface area (Å²) >= 11 is 6.05. The van der Waals surface area contributed by atoms with E-state index in [-0.39, 0.29) is 23.0 Å². The summed E-state index contributed by atoms with van der Waals surface area (Å²) in [4.78, 5) is 27.1. The lowest BCUT2D eigenvalue weighted by atomic mass is 9.98. The van der Waals surface area contributed by atoms with E-state index in [1.165, 1.54) is 12.1 Å². The van der Waals surface area contributed by atoms with Crippen molar-refractivity contribution in [2.75, 3.05) is 26.3 Å². The molecule has 3 aromatic rings. The molecule has 0 aliphatic carbocycles. The van der Waals surface area contributed by atoms with Crippen molar-refractivity contribution in [3.63, 3.8) is 0 Å². The van der Waals surface area contributed by atoms with Gasteiger partial charge in [0.1, 0.15) is 6.61 Å². The van der Waals surface area contributed by atoms with Gasteiger partial charge in [0.05, 0.1) is 18.1 Å². The second kappa shape index (κ2) is 12.4. The summed E-state index contributed by atoms with van der Waals surface area (Å²) in [6.07, 6.45) is 0.128. The minimum absolute atomic E-state index is 0.0297. The summed E-state index contributed by atoms with van der Waals surface area (Å²) in [5.74, 6) is -0.771. The number of benzene rings is 3. The van der Waals surface area contributed by atoms with Crippen LogP contribution in [-0.4, -0.2) is 51.6 Å². The summed E-state index contributed by atoms with van der Waals surface area (Å²) in [6, 6.07) is 20.7. The smallest absolute Gasteiger partial charge is 0.410 e. The molecule has 2 amide bonds. The number of hydrogen-bond donors (Lipinski definition) is 1. The molecular weight excluding hydrogens is 528 g/mol. The highest BCUT2D eigenvalue weighted by Gasteiger charge is 2.25. The molecule has 1 fully saturated rings. The van der Waals surface area contributed by atoms with E-state index in [9.17, 15) is 18.0 Å². The molecule has 0 spiro atoms. The number of sulfonamides is 1. The van der Waals surface area contributed by atoms with Gasteiger partial charge < -0.3 is 14.4 Å². The summed E-state index contributed by atoms with van der Waals surface area (Å²) in [6.45, 7) is 3.48. The van der Waals surface area contributed by atoms with Gasteiger partial charge in [-0.1, -0.05) is 60.1 Å². The lowest BCUT2D eigenvalue weighted by Crippen LogP contribution is -2.36. The first kappa shape index (κ1) is 27.6. The van der Waals surface area contributed by atoms with Crippen molar-refractivity contribution in [1.29, 1.82) is 0 Å². The molecule has 200 valence electrons. The first-order valence-electron chi connectivity index (χ1n) is 12.2. The zero-order valence-electron chi connectivity index (χ0n) is 20.9. The highest BCUT2D eigenvalue weighted by molar-refractivity contribution is 7.90. The Morgan fingerprint density at radius 3 is 2.58 bits per heavy atom. The van der Waals surface area contributed by atoms with Crippen LogP contribution in [0.4, 0.5) is 4.79 Å². The minimum atomic E-state index is -4.11. The molecule has 4 rings (SSSR count). The average molecular weight is 557 g/mol. The molecule has 0 aromatic heterocycles. The molecule has 1 aliphatic heterocycles. The van der Waals surface area contributed by atoms with Gasteiger partial charge in [-0.15, -0.1) is 0 Å². The van der Waals surface area contributed by atoms with Crippen molar-refractivity contribution >= 4 is 33.6 Å². The van der Waals surface area contributed by atoms with E-state index in [2.05, 4.69) is 4.72 Å². The normalized spacial score (nSPS) is 15.9. The molecule has 1 atom stereocenters. The number of carbonyl (C=O) groups is 2. The van der Waals surface area contributed by atoms with Gasteiger partial charge in [-0.3, -0.25) is 4.79 Å². The molecule has 0 bridgehead atoms. The second-order valence-electron chi connectivity index (χ2n) is 9.13. The van der Waals surface area contributed by atoms with E-state index in [4.69, 9.17) is 21.1 Å². The number of carbonyl (C=O) groups excluding carboxylic acids is 2. The summed E-state index contributed by atoms with van der Waals surface area (Å²) in [5.41, 5.74) is 2.30. The maximum Gasteiger partial charge on any atom is 0.410 e. The molecule has 0 unspecified atom stereocenters. The van der Waals surface area contributed by atoms with Crippen LogP contribution < -0.4 is 4.72 Å². The summed E-state index contributed by atoms with van der Waals surface area (Å²) in [7, 11) is -4.11. The van der Waals surface area contributed by atoms with Gasteiger partial charge in [-0.2, -0.15) is 0 Å². The molecule has 1 heterocycles. The van der Waals surface area contributed by atoms with Crippen molar-refractivity contribution < 1.29 is 27.5 Å². The minimum Gasteiger partial charge on any atom is -0.445 e. The SMILES string of the molecule is Cc1c(Cl)cccc1S(=O)(=O)NC(=O)c1cccc(C[C@@H]2COCCN(C(=O)OCc3ccccc3)C2)c1. The quantitative estimate of drug-likeness (QED) is 0.456. The number of rotatable bonds is 7. The number of nitrogens with one attached hydrogen (secondary N) is 1. The Balaban J connectivity index is 1.39. The number of nitrogens with zero attached hydrogens (tertiary/aromatic N) is 1. The molecule has 1 saturated heterocycles. The second-order valence-corrected chi connectivity index (χ2v) is 11.2. The Kier molecular flexibility index (Phi) is 9.04. The van der Waals surface area contributed by atoms with Crippen molar-refractivity contribution in [2.24, 2.45) is 5.92 Å². The first-order valence-corrected chi connectivity index (χ1v) is 14.0. The third-order valence-electron chi connectivity index (χ3n) is 6.25. The number of halogens is 1. The van der Waals surface area contributed by atoms with Gasteiger partial charge in [-0.25, -0.2) is 17.9 Å².